The number of anilines is 1. The molecule has 9 heteroatoms. The molecule has 3 rings (SSSR count). The van der Waals surface area contributed by atoms with Crippen LogP contribution in [0.25, 0.3) is 10.8 Å². The van der Waals surface area contributed by atoms with Gasteiger partial charge in [0.1, 0.15) is 5.75 Å². The van der Waals surface area contributed by atoms with E-state index in [1.165, 1.54) is 24.3 Å². The van der Waals surface area contributed by atoms with E-state index in [0.29, 0.717) is 16.5 Å². The number of benzene rings is 3. The van der Waals surface area contributed by atoms with Crippen LogP contribution in [0.4, 0.5) is 5.69 Å². The predicted molar refractivity (Wildman–Crippen MR) is 110 cm³/mol. The van der Waals surface area contributed by atoms with Crippen molar-refractivity contribution in [2.24, 2.45) is 5.73 Å². The summed E-state index contributed by atoms with van der Waals surface area (Å²) < 4.78 is 5.55. The van der Waals surface area contributed by atoms with Gasteiger partial charge in [-0.05, 0) is 42.5 Å². The summed E-state index contributed by atoms with van der Waals surface area (Å²) in [5, 5.41) is 13.2. The Bertz CT molecular complexity index is 1150. The topological polar surface area (TPSA) is 119 Å². The van der Waals surface area contributed by atoms with Crippen LogP contribution in [0.2, 0.25) is 10.0 Å². The fourth-order valence-electron chi connectivity index (χ4n) is 2.67. The summed E-state index contributed by atoms with van der Waals surface area (Å²) >= 11 is 12.2. The van der Waals surface area contributed by atoms with Crippen molar-refractivity contribution in [1.29, 1.82) is 0 Å². The fourth-order valence-corrected chi connectivity index (χ4v) is 3.06. The van der Waals surface area contributed by atoms with Crippen molar-refractivity contribution >= 4 is 57.4 Å². The number of hydrogen-bond acceptors (Lipinski definition) is 4. The van der Waals surface area contributed by atoms with Crippen molar-refractivity contribution in [3.05, 3.63) is 69.7 Å². The highest BCUT2D eigenvalue weighted by Crippen LogP contribution is 2.36. The highest BCUT2D eigenvalue weighted by molar-refractivity contribution is 6.45. The third-order valence-corrected chi connectivity index (χ3v) is 4.84. The Morgan fingerprint density at radius 2 is 1.76 bits per heavy atom. The van der Waals surface area contributed by atoms with E-state index < -0.39 is 24.4 Å². The molecule has 0 fully saturated rings. The molecule has 7 nitrogen and oxygen atoms in total. The average Bonchev–Trinajstić information content (AvgIpc) is 2.69. The highest BCUT2D eigenvalue weighted by atomic mass is 35.5. The summed E-state index contributed by atoms with van der Waals surface area (Å²) in [4.78, 5) is 34.9. The first-order valence-corrected chi connectivity index (χ1v) is 8.99. The largest absolute Gasteiger partial charge is 0.483 e. The summed E-state index contributed by atoms with van der Waals surface area (Å²) in [6, 6.07) is 12.0. The highest BCUT2D eigenvalue weighted by Gasteiger charge is 2.15. The van der Waals surface area contributed by atoms with Crippen LogP contribution in [0.3, 0.4) is 0 Å². The van der Waals surface area contributed by atoms with Gasteiger partial charge in [0.15, 0.2) is 6.61 Å². The van der Waals surface area contributed by atoms with Gasteiger partial charge in [-0.2, -0.15) is 0 Å². The number of rotatable bonds is 6. The minimum Gasteiger partial charge on any atom is -0.483 e. The van der Waals surface area contributed by atoms with Crippen LogP contribution in [-0.2, 0) is 4.79 Å². The molecule has 3 aromatic carbocycles. The first-order valence-electron chi connectivity index (χ1n) is 8.24. The minimum absolute atomic E-state index is 0.0637. The van der Waals surface area contributed by atoms with Gasteiger partial charge in [0.25, 0.3) is 5.91 Å². The number of primary amides is 1. The second-order valence-corrected chi connectivity index (χ2v) is 6.80. The predicted octanol–water partition coefficient (Wildman–Crippen LogP) is 3.96. The van der Waals surface area contributed by atoms with Crippen LogP contribution >= 0.6 is 23.2 Å². The molecule has 0 aliphatic heterocycles. The molecule has 0 spiro atoms. The standard InChI is InChI=1S/C20H14Cl2N2O5/c21-15-5-4-13-14(18(15)22)7-11(20(27)28)8-16(13)29-9-17(25)24-12-3-1-2-10(6-12)19(23)26/h1-8H,9H2,(H2,23,26)(H,24,25)(H,27,28). The molecule has 0 atom stereocenters. The van der Waals surface area contributed by atoms with Crippen molar-refractivity contribution in [3.8, 4) is 5.75 Å². The van der Waals surface area contributed by atoms with Gasteiger partial charge in [0.05, 0.1) is 15.6 Å². The summed E-state index contributed by atoms with van der Waals surface area (Å²) in [6.45, 7) is -0.404. The molecule has 0 aliphatic rings. The zero-order chi connectivity index (χ0) is 21.1. The number of ether oxygens (including phenoxy) is 1. The molecule has 0 saturated heterocycles. The number of halogens is 2. The lowest BCUT2D eigenvalue weighted by molar-refractivity contribution is -0.118. The first-order chi connectivity index (χ1) is 13.8. The molecule has 0 saturated carbocycles. The van der Waals surface area contributed by atoms with Crippen LogP contribution in [0.15, 0.2) is 48.5 Å². The zero-order valence-corrected chi connectivity index (χ0v) is 16.3. The monoisotopic (exact) mass is 432 g/mol. The van der Waals surface area contributed by atoms with Crippen molar-refractivity contribution in [2.45, 2.75) is 0 Å². The number of carboxylic acids is 1. The number of carbonyl (C=O) groups excluding carboxylic acids is 2. The number of nitrogens with two attached hydrogens (primary N) is 1. The summed E-state index contributed by atoms with van der Waals surface area (Å²) in [7, 11) is 0. The number of nitrogens with one attached hydrogen (secondary N) is 1. The fraction of sp³-hybridized carbons (Fsp3) is 0.0500. The Hall–Kier alpha value is -3.29. The van der Waals surface area contributed by atoms with Gasteiger partial charge in [0.2, 0.25) is 5.91 Å². The molecule has 0 bridgehead atoms. The number of aromatic carboxylic acids is 1. The zero-order valence-electron chi connectivity index (χ0n) is 14.7. The van der Waals surface area contributed by atoms with Crippen LogP contribution < -0.4 is 15.8 Å². The smallest absolute Gasteiger partial charge is 0.335 e. The van der Waals surface area contributed by atoms with Gasteiger partial charge in [-0.25, -0.2) is 4.79 Å². The van der Waals surface area contributed by atoms with Crippen molar-refractivity contribution in [2.75, 3.05) is 11.9 Å². The maximum absolute atomic E-state index is 12.2. The van der Waals surface area contributed by atoms with E-state index in [-0.39, 0.29) is 26.9 Å². The lowest BCUT2D eigenvalue weighted by Crippen LogP contribution is -2.21. The Labute approximate surface area is 175 Å². The molecule has 148 valence electrons. The minimum atomic E-state index is -1.18. The number of carbonyl (C=O) groups is 3. The van der Waals surface area contributed by atoms with E-state index >= 15 is 0 Å². The summed E-state index contributed by atoms with van der Waals surface area (Å²) in [5.74, 6) is -2.15. The molecule has 0 unspecified atom stereocenters. The first kappa shape index (κ1) is 20.4. The number of amides is 2. The van der Waals surface area contributed by atoms with E-state index in [4.69, 9.17) is 33.7 Å². The molecule has 4 N–H and O–H groups in total. The van der Waals surface area contributed by atoms with E-state index in [0.717, 1.165) is 0 Å². The molecule has 0 aliphatic carbocycles. The second kappa shape index (κ2) is 8.38. The van der Waals surface area contributed by atoms with Crippen molar-refractivity contribution in [1.82, 2.24) is 0 Å². The third-order valence-electron chi connectivity index (χ3n) is 4.02. The Balaban J connectivity index is 1.83. The van der Waals surface area contributed by atoms with Crippen LogP contribution in [0.1, 0.15) is 20.7 Å². The summed E-state index contributed by atoms with van der Waals surface area (Å²) in [5.41, 5.74) is 5.77. The maximum Gasteiger partial charge on any atom is 0.335 e. The quantitative estimate of drug-likeness (QED) is 0.544. The SMILES string of the molecule is NC(=O)c1cccc(NC(=O)COc2cc(C(=O)O)cc3c(Cl)c(Cl)ccc23)c1. The Morgan fingerprint density at radius 1 is 1.00 bits per heavy atom. The van der Waals surface area contributed by atoms with E-state index in [1.54, 1.807) is 24.3 Å². The van der Waals surface area contributed by atoms with E-state index in [2.05, 4.69) is 5.32 Å². The van der Waals surface area contributed by atoms with Gasteiger partial charge in [-0.15, -0.1) is 0 Å². The summed E-state index contributed by atoms with van der Waals surface area (Å²) in [6.07, 6.45) is 0. The van der Waals surface area contributed by atoms with Gasteiger partial charge < -0.3 is 20.9 Å². The molecule has 0 radical (unpaired) electrons. The van der Waals surface area contributed by atoms with Crippen molar-refractivity contribution < 1.29 is 24.2 Å². The number of hydrogen-bond donors (Lipinski definition) is 3. The van der Waals surface area contributed by atoms with Crippen LogP contribution in [0, 0.1) is 0 Å². The molecular weight excluding hydrogens is 419 g/mol. The Kier molecular flexibility index (Phi) is 5.91. The molecular formula is C20H14Cl2N2O5. The maximum atomic E-state index is 12.2. The van der Waals surface area contributed by atoms with Crippen molar-refractivity contribution in [3.63, 3.8) is 0 Å². The van der Waals surface area contributed by atoms with Gasteiger partial charge >= 0.3 is 5.97 Å². The molecule has 3 aromatic rings. The van der Waals surface area contributed by atoms with Crippen LogP contribution in [-0.4, -0.2) is 29.5 Å². The van der Waals surface area contributed by atoms with Gasteiger partial charge in [0, 0.05) is 22.0 Å². The normalized spacial score (nSPS) is 10.6. The average molecular weight is 433 g/mol. The molecule has 2 amide bonds. The lowest BCUT2D eigenvalue weighted by Gasteiger charge is -2.12. The van der Waals surface area contributed by atoms with E-state index in [9.17, 15) is 19.5 Å². The van der Waals surface area contributed by atoms with Crippen LogP contribution in [0.5, 0.6) is 5.75 Å². The van der Waals surface area contributed by atoms with Gasteiger partial charge in [-0.1, -0.05) is 29.3 Å². The lowest BCUT2D eigenvalue weighted by atomic mass is 10.1. The van der Waals surface area contributed by atoms with Gasteiger partial charge in [-0.3, -0.25) is 9.59 Å². The molecule has 0 aromatic heterocycles. The Morgan fingerprint density at radius 3 is 2.45 bits per heavy atom. The second-order valence-electron chi connectivity index (χ2n) is 6.02. The number of fused-ring (bicyclic) bond motifs is 1. The third kappa shape index (κ3) is 4.59. The number of carboxylic acid groups (broad SMARTS) is 1. The molecule has 29 heavy (non-hydrogen) atoms. The van der Waals surface area contributed by atoms with E-state index in [1.807, 2.05) is 0 Å². The molecule has 0 heterocycles.